The molecule has 0 spiro atoms. The molecule has 1 fully saturated rings. The van der Waals surface area contributed by atoms with Crippen LogP contribution >= 0.6 is 11.3 Å². The molecular weight excluding hydrogens is 460 g/mol. The number of ether oxygens (including phenoxy) is 1. The van der Waals surface area contributed by atoms with Gasteiger partial charge in [0.25, 0.3) is 5.91 Å². The number of anilines is 2. The third kappa shape index (κ3) is 5.13. The highest BCUT2D eigenvalue weighted by Gasteiger charge is 2.29. The van der Waals surface area contributed by atoms with Crippen LogP contribution in [0, 0.1) is 0 Å². The average molecular weight is 493 g/mol. The Hall–Kier alpha value is -3.10. The highest BCUT2D eigenvalue weighted by Crippen LogP contribution is 2.37. The molecule has 3 heterocycles. The highest BCUT2D eigenvalue weighted by molar-refractivity contribution is 7.15. The van der Waals surface area contributed by atoms with E-state index in [4.69, 9.17) is 4.74 Å². The topological polar surface area (TPSA) is 66.8 Å². The number of rotatable bonds is 7. The van der Waals surface area contributed by atoms with Gasteiger partial charge in [-0.2, -0.15) is 0 Å². The van der Waals surface area contributed by atoms with Crippen LogP contribution in [0.4, 0.5) is 11.4 Å². The lowest BCUT2D eigenvalue weighted by atomic mass is 9.95. The second-order valence-electron chi connectivity index (χ2n) is 9.00. The molecule has 8 heteroatoms. The lowest BCUT2D eigenvalue weighted by Gasteiger charge is -2.29. The summed E-state index contributed by atoms with van der Waals surface area (Å²) in [5.74, 6) is -0.251. The largest absolute Gasteiger partial charge is 0.378 e. The first-order valence-corrected chi connectivity index (χ1v) is 13.3. The van der Waals surface area contributed by atoms with Gasteiger partial charge in [0.15, 0.2) is 0 Å². The van der Waals surface area contributed by atoms with Crippen LogP contribution in [0.2, 0.25) is 0 Å². The maximum absolute atomic E-state index is 13.8. The fourth-order valence-electron chi connectivity index (χ4n) is 4.86. The summed E-state index contributed by atoms with van der Waals surface area (Å²) in [5, 5.41) is 3.93. The highest BCUT2D eigenvalue weighted by atomic mass is 32.1. The van der Waals surface area contributed by atoms with Crippen molar-refractivity contribution in [3.05, 3.63) is 64.8 Å². The molecule has 5 rings (SSSR count). The summed E-state index contributed by atoms with van der Waals surface area (Å²) in [6, 6.07) is 11.8. The number of hydrogen-bond acceptors (Lipinski definition) is 5. The first-order chi connectivity index (χ1) is 17.1. The van der Waals surface area contributed by atoms with E-state index in [1.807, 2.05) is 60.3 Å². The molecule has 184 valence electrons. The first-order valence-electron chi connectivity index (χ1n) is 12.4. The number of amides is 2. The van der Waals surface area contributed by atoms with E-state index >= 15 is 0 Å². The zero-order valence-electron chi connectivity index (χ0n) is 20.2. The number of nitrogens with zero attached hydrogens (tertiary/aromatic N) is 3. The van der Waals surface area contributed by atoms with Crippen molar-refractivity contribution in [3.8, 4) is 5.00 Å². The number of aromatic nitrogens is 1. The summed E-state index contributed by atoms with van der Waals surface area (Å²) in [6.07, 6.45) is 8.18. The normalized spacial score (nSPS) is 15.5. The summed E-state index contributed by atoms with van der Waals surface area (Å²) in [4.78, 5) is 31.9. The van der Waals surface area contributed by atoms with Crippen molar-refractivity contribution in [1.29, 1.82) is 0 Å². The summed E-state index contributed by atoms with van der Waals surface area (Å²) < 4.78 is 7.45. The van der Waals surface area contributed by atoms with E-state index in [-0.39, 0.29) is 18.4 Å². The molecular formula is C27H32N4O3S. The smallest absolute Gasteiger partial charge is 0.257 e. The number of fused-ring (bicyclic) bond motifs is 1. The molecule has 0 unspecified atom stereocenters. The molecule has 0 atom stereocenters. The first kappa shape index (κ1) is 23.6. The number of morpholine rings is 1. The molecule has 1 aliphatic carbocycles. The minimum absolute atomic E-state index is 0.0241. The molecule has 7 nitrogen and oxygen atoms in total. The van der Waals surface area contributed by atoms with Gasteiger partial charge in [-0.15, -0.1) is 11.3 Å². The molecule has 2 aromatic heterocycles. The van der Waals surface area contributed by atoms with Gasteiger partial charge in [0.05, 0.1) is 18.8 Å². The van der Waals surface area contributed by atoms with E-state index in [0.717, 1.165) is 73.9 Å². The lowest BCUT2D eigenvalue weighted by Crippen LogP contribution is -2.38. The maximum atomic E-state index is 13.8. The predicted octanol–water partition coefficient (Wildman–Crippen LogP) is 4.36. The fourth-order valence-corrected chi connectivity index (χ4v) is 6.21. The van der Waals surface area contributed by atoms with Gasteiger partial charge in [-0.05, 0) is 74.6 Å². The van der Waals surface area contributed by atoms with Crippen LogP contribution in [0.3, 0.4) is 0 Å². The fraction of sp³-hybridized carbons (Fsp3) is 0.407. The molecule has 2 amide bonds. The third-order valence-corrected chi connectivity index (χ3v) is 8.04. The van der Waals surface area contributed by atoms with E-state index in [0.29, 0.717) is 6.54 Å². The number of likely N-dealkylation sites (N-methyl/N-ethyl adjacent to an activating group) is 1. The predicted molar refractivity (Wildman–Crippen MR) is 140 cm³/mol. The SMILES string of the molecule is CCN(CC(=O)Nc1ccc(N2CCOCC2)cc1)C(=O)c1c(-n2cccc2)sc2c1CCCC2. The Morgan fingerprint density at radius 2 is 1.77 bits per heavy atom. The summed E-state index contributed by atoms with van der Waals surface area (Å²) in [6.45, 7) is 5.63. The number of carbonyl (C=O) groups excluding carboxylic acids is 2. The molecule has 0 saturated carbocycles. The maximum Gasteiger partial charge on any atom is 0.257 e. The van der Waals surface area contributed by atoms with Gasteiger partial charge in [-0.1, -0.05) is 0 Å². The second-order valence-corrected chi connectivity index (χ2v) is 10.1. The Kier molecular flexibility index (Phi) is 7.20. The van der Waals surface area contributed by atoms with Crippen molar-refractivity contribution in [2.45, 2.75) is 32.6 Å². The van der Waals surface area contributed by atoms with Gasteiger partial charge in [0.1, 0.15) is 11.5 Å². The molecule has 1 N–H and O–H groups in total. The van der Waals surface area contributed by atoms with Crippen LogP contribution in [-0.4, -0.2) is 60.7 Å². The number of thiophene rings is 1. The second kappa shape index (κ2) is 10.7. The van der Waals surface area contributed by atoms with Gasteiger partial charge in [0, 0.05) is 48.3 Å². The van der Waals surface area contributed by atoms with E-state index < -0.39 is 0 Å². The molecule has 1 aromatic carbocycles. The minimum Gasteiger partial charge on any atom is -0.378 e. The third-order valence-electron chi connectivity index (χ3n) is 6.74. The Bertz CT molecular complexity index is 1160. The van der Waals surface area contributed by atoms with Crippen molar-refractivity contribution in [1.82, 2.24) is 9.47 Å². The molecule has 1 aliphatic heterocycles. The van der Waals surface area contributed by atoms with Crippen LogP contribution in [0.15, 0.2) is 48.8 Å². The van der Waals surface area contributed by atoms with Gasteiger partial charge < -0.3 is 24.4 Å². The van der Waals surface area contributed by atoms with E-state index in [1.165, 1.54) is 10.4 Å². The van der Waals surface area contributed by atoms with E-state index in [1.54, 1.807) is 16.2 Å². The van der Waals surface area contributed by atoms with E-state index in [2.05, 4.69) is 10.2 Å². The van der Waals surface area contributed by atoms with Crippen LogP contribution in [0.1, 0.15) is 40.6 Å². The monoisotopic (exact) mass is 492 g/mol. The van der Waals surface area contributed by atoms with Crippen LogP contribution in [0.5, 0.6) is 0 Å². The Morgan fingerprint density at radius 1 is 1.06 bits per heavy atom. The molecule has 3 aromatic rings. The zero-order chi connectivity index (χ0) is 24.2. The number of hydrogen-bond donors (Lipinski definition) is 1. The van der Waals surface area contributed by atoms with Gasteiger partial charge >= 0.3 is 0 Å². The Balaban J connectivity index is 1.29. The summed E-state index contributed by atoms with van der Waals surface area (Å²) >= 11 is 1.71. The number of carbonyl (C=O) groups is 2. The molecule has 0 radical (unpaired) electrons. The Morgan fingerprint density at radius 3 is 2.49 bits per heavy atom. The van der Waals surface area contributed by atoms with Gasteiger partial charge in [0.2, 0.25) is 5.91 Å². The van der Waals surface area contributed by atoms with Gasteiger partial charge in [-0.3, -0.25) is 9.59 Å². The number of benzene rings is 1. The number of nitrogens with one attached hydrogen (secondary N) is 1. The zero-order valence-corrected chi connectivity index (χ0v) is 21.0. The number of aryl methyl sites for hydroxylation is 1. The van der Waals surface area contributed by atoms with Crippen molar-refractivity contribution in [3.63, 3.8) is 0 Å². The lowest BCUT2D eigenvalue weighted by molar-refractivity contribution is -0.116. The molecule has 2 aliphatic rings. The van der Waals surface area contributed by atoms with Gasteiger partial charge in [-0.25, -0.2) is 0 Å². The molecule has 0 bridgehead atoms. The summed E-state index contributed by atoms with van der Waals surface area (Å²) in [7, 11) is 0. The molecule has 35 heavy (non-hydrogen) atoms. The minimum atomic E-state index is -0.189. The van der Waals surface area contributed by atoms with Crippen LogP contribution in [0.25, 0.3) is 5.00 Å². The van der Waals surface area contributed by atoms with Crippen molar-refractivity contribution in [2.75, 3.05) is 49.6 Å². The van der Waals surface area contributed by atoms with Crippen LogP contribution < -0.4 is 10.2 Å². The summed E-state index contributed by atoms with van der Waals surface area (Å²) in [5.41, 5.74) is 3.80. The van der Waals surface area contributed by atoms with Crippen molar-refractivity contribution < 1.29 is 14.3 Å². The van der Waals surface area contributed by atoms with E-state index in [9.17, 15) is 9.59 Å². The quantitative estimate of drug-likeness (QED) is 0.532. The molecule has 1 saturated heterocycles. The van der Waals surface area contributed by atoms with Crippen molar-refractivity contribution in [2.24, 2.45) is 0 Å². The van der Waals surface area contributed by atoms with Crippen molar-refractivity contribution >= 4 is 34.5 Å². The average Bonchev–Trinajstić information content (AvgIpc) is 3.56. The standard InChI is InChI=1S/C27H32N4O3S/c1-2-29(19-24(32)28-20-9-11-21(12-10-20)30-15-17-34-18-16-30)26(33)25-22-7-3-4-8-23(22)35-27(25)31-13-5-6-14-31/h5-6,9-14H,2-4,7-8,15-19H2,1H3,(H,28,32). The van der Waals surface area contributed by atoms with Crippen LogP contribution in [-0.2, 0) is 22.4 Å². The Labute approximate surface area is 210 Å².